The minimum atomic E-state index is -0.413. The fourth-order valence-corrected chi connectivity index (χ4v) is 2.59. The number of fused-ring (bicyclic) bond motifs is 1. The van der Waals surface area contributed by atoms with E-state index >= 15 is 0 Å². The molecule has 2 heterocycles. The Morgan fingerprint density at radius 3 is 2.67 bits per heavy atom. The van der Waals surface area contributed by atoms with Crippen molar-refractivity contribution in [1.82, 2.24) is 20.3 Å². The third kappa shape index (κ3) is 2.95. The molecule has 1 amide bonds. The maximum atomic E-state index is 12.4. The topological polar surface area (TPSA) is 90.6 Å². The number of nitrogens with zero attached hydrogens (tertiary/aromatic N) is 1. The molecule has 3 aromatic rings. The van der Waals surface area contributed by atoms with Gasteiger partial charge in [0, 0.05) is 5.69 Å². The molecule has 0 aliphatic heterocycles. The largest absolute Gasteiger partial charge is 0.342 e. The summed E-state index contributed by atoms with van der Waals surface area (Å²) in [4.78, 5) is 34.8. The van der Waals surface area contributed by atoms with E-state index in [-0.39, 0.29) is 17.2 Å². The van der Waals surface area contributed by atoms with Gasteiger partial charge >= 0.3 is 0 Å². The molecule has 0 radical (unpaired) electrons. The van der Waals surface area contributed by atoms with Crippen LogP contribution in [0.4, 0.5) is 0 Å². The highest BCUT2D eigenvalue weighted by Gasteiger charge is 2.17. The first kappa shape index (κ1) is 16.0. The summed E-state index contributed by atoms with van der Waals surface area (Å²) in [5.74, 6) is 0.243. The Kier molecular flexibility index (Phi) is 3.97. The zero-order valence-corrected chi connectivity index (χ0v) is 14.2. The highest BCUT2D eigenvalue weighted by atomic mass is 16.2. The molecule has 1 aromatic carbocycles. The zero-order valence-electron chi connectivity index (χ0n) is 14.2. The minimum absolute atomic E-state index is 0.108. The first-order valence-electron chi connectivity index (χ1n) is 7.83. The van der Waals surface area contributed by atoms with Crippen LogP contribution < -0.4 is 10.9 Å². The second-order valence-corrected chi connectivity index (χ2v) is 6.16. The normalized spacial score (nSPS) is 12.3. The van der Waals surface area contributed by atoms with E-state index in [9.17, 15) is 9.59 Å². The number of nitrogens with one attached hydrogen (secondary N) is 3. The third-order valence-corrected chi connectivity index (χ3v) is 4.16. The highest BCUT2D eigenvalue weighted by Crippen LogP contribution is 2.17. The van der Waals surface area contributed by atoms with E-state index in [1.165, 1.54) is 0 Å². The molecule has 0 bridgehead atoms. The molecule has 0 saturated carbocycles. The number of carbonyl (C=O) groups excluding carboxylic acids is 1. The summed E-state index contributed by atoms with van der Waals surface area (Å²) in [6.45, 7) is 7.50. The summed E-state index contributed by atoms with van der Waals surface area (Å²) in [6, 6.07) is 7.20. The quantitative estimate of drug-likeness (QED) is 0.692. The van der Waals surface area contributed by atoms with Gasteiger partial charge in [-0.05, 0) is 57.0 Å². The molecule has 0 aliphatic rings. The van der Waals surface area contributed by atoms with E-state index in [0.717, 1.165) is 27.9 Å². The molecule has 1 atom stereocenters. The van der Waals surface area contributed by atoms with Crippen molar-refractivity contribution in [2.24, 2.45) is 0 Å². The number of pyridine rings is 1. The SMILES string of the molecule is Cc1ccc2nc([C@@H](C)NC(=O)c3cc(C)c(C)[nH]c3=O)[nH]c2c1. The molecule has 24 heavy (non-hydrogen) atoms. The van der Waals surface area contributed by atoms with Crippen LogP contribution in [-0.2, 0) is 0 Å². The molecule has 3 N–H and O–H groups in total. The van der Waals surface area contributed by atoms with Gasteiger partial charge in [0.05, 0.1) is 17.1 Å². The number of H-pyrrole nitrogens is 2. The van der Waals surface area contributed by atoms with Gasteiger partial charge in [-0.2, -0.15) is 0 Å². The minimum Gasteiger partial charge on any atom is -0.342 e. The van der Waals surface area contributed by atoms with Crippen LogP contribution in [0.1, 0.15) is 46.0 Å². The van der Waals surface area contributed by atoms with Crippen LogP contribution >= 0.6 is 0 Å². The summed E-state index contributed by atoms with van der Waals surface area (Å²) in [5.41, 5.74) is 4.26. The van der Waals surface area contributed by atoms with Gasteiger partial charge < -0.3 is 15.3 Å². The van der Waals surface area contributed by atoms with Crippen LogP contribution in [0.5, 0.6) is 0 Å². The number of benzene rings is 1. The van der Waals surface area contributed by atoms with Gasteiger partial charge in [-0.25, -0.2) is 4.98 Å². The number of imidazole rings is 1. The number of hydrogen-bond acceptors (Lipinski definition) is 3. The van der Waals surface area contributed by atoms with Crippen molar-refractivity contribution in [3.05, 3.63) is 62.8 Å². The molecular weight excluding hydrogens is 304 g/mol. The second kappa shape index (κ2) is 5.96. The Balaban J connectivity index is 1.85. The third-order valence-electron chi connectivity index (χ3n) is 4.16. The average Bonchev–Trinajstić information content (AvgIpc) is 2.93. The van der Waals surface area contributed by atoms with Crippen LogP contribution in [0, 0.1) is 20.8 Å². The van der Waals surface area contributed by atoms with Crippen molar-refractivity contribution >= 4 is 16.9 Å². The molecule has 0 unspecified atom stereocenters. The number of aryl methyl sites for hydroxylation is 3. The highest BCUT2D eigenvalue weighted by molar-refractivity contribution is 5.94. The van der Waals surface area contributed by atoms with Gasteiger partial charge in [-0.1, -0.05) is 6.07 Å². The maximum Gasteiger partial charge on any atom is 0.261 e. The van der Waals surface area contributed by atoms with E-state index in [0.29, 0.717) is 5.82 Å². The lowest BCUT2D eigenvalue weighted by Gasteiger charge is -2.11. The average molecular weight is 324 g/mol. The van der Waals surface area contributed by atoms with Gasteiger partial charge in [0.1, 0.15) is 11.4 Å². The lowest BCUT2D eigenvalue weighted by atomic mass is 10.1. The van der Waals surface area contributed by atoms with Crippen LogP contribution in [0.25, 0.3) is 11.0 Å². The predicted octanol–water partition coefficient (Wildman–Crippen LogP) is 2.67. The van der Waals surface area contributed by atoms with E-state index in [1.54, 1.807) is 13.0 Å². The molecule has 2 aromatic heterocycles. The Morgan fingerprint density at radius 2 is 1.92 bits per heavy atom. The van der Waals surface area contributed by atoms with E-state index < -0.39 is 5.91 Å². The smallest absolute Gasteiger partial charge is 0.261 e. The Hall–Kier alpha value is -2.89. The van der Waals surface area contributed by atoms with Crippen molar-refractivity contribution in [2.75, 3.05) is 0 Å². The standard InChI is InChI=1S/C18H20N4O2/c1-9-5-6-14-15(7-9)22-16(21-14)12(4)20-18(24)13-8-10(2)11(3)19-17(13)23/h5-8,12H,1-4H3,(H,19,23)(H,20,24)(H,21,22)/t12-/m1/s1. The van der Waals surface area contributed by atoms with Crippen molar-refractivity contribution in [3.8, 4) is 0 Å². The molecule has 0 spiro atoms. The first-order valence-corrected chi connectivity index (χ1v) is 7.83. The van der Waals surface area contributed by atoms with Crippen LogP contribution in [-0.4, -0.2) is 20.9 Å². The number of carbonyl (C=O) groups is 1. The lowest BCUT2D eigenvalue weighted by molar-refractivity contribution is 0.0937. The fraction of sp³-hybridized carbons (Fsp3) is 0.278. The van der Waals surface area contributed by atoms with Gasteiger partial charge in [-0.15, -0.1) is 0 Å². The Labute approximate surface area is 139 Å². The molecule has 124 valence electrons. The van der Waals surface area contributed by atoms with Gasteiger partial charge in [-0.3, -0.25) is 9.59 Å². The van der Waals surface area contributed by atoms with Gasteiger partial charge in [0.15, 0.2) is 0 Å². The molecule has 6 heteroatoms. The van der Waals surface area contributed by atoms with Crippen molar-refractivity contribution in [1.29, 1.82) is 0 Å². The van der Waals surface area contributed by atoms with Crippen LogP contribution in [0.15, 0.2) is 29.1 Å². The summed E-state index contributed by atoms with van der Waals surface area (Å²) in [7, 11) is 0. The van der Waals surface area contributed by atoms with Crippen molar-refractivity contribution < 1.29 is 4.79 Å². The monoisotopic (exact) mass is 324 g/mol. The molecular formula is C18H20N4O2. The predicted molar refractivity (Wildman–Crippen MR) is 93.2 cm³/mol. The Bertz CT molecular complexity index is 984. The molecule has 0 saturated heterocycles. The summed E-state index contributed by atoms with van der Waals surface area (Å²) in [6.07, 6.45) is 0. The zero-order chi connectivity index (χ0) is 17.4. The number of aromatic amines is 2. The number of hydrogen-bond donors (Lipinski definition) is 3. The number of amides is 1. The van der Waals surface area contributed by atoms with Crippen molar-refractivity contribution in [3.63, 3.8) is 0 Å². The maximum absolute atomic E-state index is 12.4. The summed E-state index contributed by atoms with van der Waals surface area (Å²) < 4.78 is 0. The first-order chi connectivity index (χ1) is 11.3. The van der Waals surface area contributed by atoms with Crippen LogP contribution in [0.2, 0.25) is 0 Å². The number of rotatable bonds is 3. The van der Waals surface area contributed by atoms with Crippen LogP contribution in [0.3, 0.4) is 0 Å². The van der Waals surface area contributed by atoms with E-state index in [2.05, 4.69) is 20.3 Å². The summed E-state index contributed by atoms with van der Waals surface area (Å²) in [5, 5.41) is 2.82. The van der Waals surface area contributed by atoms with E-state index in [1.807, 2.05) is 39.0 Å². The summed E-state index contributed by atoms with van der Waals surface area (Å²) >= 11 is 0. The van der Waals surface area contributed by atoms with Gasteiger partial charge in [0.2, 0.25) is 0 Å². The Morgan fingerprint density at radius 1 is 1.17 bits per heavy atom. The van der Waals surface area contributed by atoms with Crippen molar-refractivity contribution in [2.45, 2.75) is 33.7 Å². The molecule has 0 aliphatic carbocycles. The molecule has 3 rings (SSSR count). The number of aromatic nitrogens is 3. The van der Waals surface area contributed by atoms with E-state index in [4.69, 9.17) is 0 Å². The lowest BCUT2D eigenvalue weighted by Crippen LogP contribution is -2.32. The molecule has 0 fully saturated rings. The fourth-order valence-electron chi connectivity index (χ4n) is 2.59. The molecule has 6 nitrogen and oxygen atoms in total. The van der Waals surface area contributed by atoms with Gasteiger partial charge in [0.25, 0.3) is 11.5 Å². The second-order valence-electron chi connectivity index (χ2n) is 6.16.